The Morgan fingerprint density at radius 1 is 1.33 bits per heavy atom. The molecule has 2 fully saturated rings. The molecule has 2 atom stereocenters. The summed E-state index contributed by atoms with van der Waals surface area (Å²) in [6.07, 6.45) is 4.25. The molecule has 2 heterocycles. The van der Waals surface area contributed by atoms with Crippen LogP contribution in [0.15, 0.2) is 0 Å². The summed E-state index contributed by atoms with van der Waals surface area (Å²) < 4.78 is 0. The van der Waals surface area contributed by atoms with Crippen molar-refractivity contribution in [2.45, 2.75) is 58.4 Å². The summed E-state index contributed by atoms with van der Waals surface area (Å²) >= 11 is 0. The second-order valence-corrected chi connectivity index (χ2v) is 6.96. The number of aliphatic carboxylic acids is 1. The van der Waals surface area contributed by atoms with E-state index in [-0.39, 0.29) is 11.8 Å². The lowest BCUT2D eigenvalue weighted by atomic mass is 9.76. The standard InChI is InChI=1S/C16H28N2O3/c1-4-6-16(7-5-9-17-16)13(19)18-10-8-15(11-18,12(2)3)14(20)21/h12,17H,4-11H2,1-3H3,(H,20,21). The fraction of sp³-hybridized carbons (Fsp3) is 0.875. The second-order valence-electron chi connectivity index (χ2n) is 6.96. The first-order valence-electron chi connectivity index (χ1n) is 8.16. The highest BCUT2D eigenvalue weighted by molar-refractivity contribution is 5.88. The highest BCUT2D eigenvalue weighted by Crippen LogP contribution is 2.40. The van der Waals surface area contributed by atoms with Crippen LogP contribution in [0.1, 0.15) is 52.9 Å². The molecule has 0 radical (unpaired) electrons. The normalized spacial score (nSPS) is 32.9. The highest BCUT2D eigenvalue weighted by atomic mass is 16.4. The van der Waals surface area contributed by atoms with Crippen LogP contribution in [-0.4, -0.2) is 47.1 Å². The van der Waals surface area contributed by atoms with Gasteiger partial charge in [0.15, 0.2) is 0 Å². The Bertz CT molecular complexity index is 416. The van der Waals surface area contributed by atoms with E-state index in [1.807, 2.05) is 13.8 Å². The maximum Gasteiger partial charge on any atom is 0.311 e. The Morgan fingerprint density at radius 3 is 2.48 bits per heavy atom. The third-order valence-corrected chi connectivity index (χ3v) is 5.45. The molecule has 2 N–H and O–H groups in total. The van der Waals surface area contributed by atoms with Gasteiger partial charge in [0, 0.05) is 13.1 Å². The molecule has 120 valence electrons. The Balaban J connectivity index is 2.16. The van der Waals surface area contributed by atoms with Crippen LogP contribution >= 0.6 is 0 Å². The molecule has 2 aliphatic heterocycles. The topological polar surface area (TPSA) is 69.6 Å². The number of carbonyl (C=O) groups is 2. The van der Waals surface area contributed by atoms with Crippen molar-refractivity contribution in [2.24, 2.45) is 11.3 Å². The number of carbonyl (C=O) groups excluding carboxylic acids is 1. The number of hydrogen-bond acceptors (Lipinski definition) is 3. The molecule has 0 aromatic carbocycles. The Morgan fingerprint density at radius 2 is 2.05 bits per heavy atom. The summed E-state index contributed by atoms with van der Waals surface area (Å²) in [6, 6.07) is 0. The van der Waals surface area contributed by atoms with Crippen molar-refractivity contribution < 1.29 is 14.7 Å². The third-order valence-electron chi connectivity index (χ3n) is 5.45. The molecule has 0 bridgehead atoms. The number of rotatable bonds is 5. The molecule has 0 spiro atoms. The van der Waals surface area contributed by atoms with Gasteiger partial charge in [-0.05, 0) is 38.1 Å². The maximum absolute atomic E-state index is 13.0. The lowest BCUT2D eigenvalue weighted by Gasteiger charge is -2.34. The minimum Gasteiger partial charge on any atom is -0.481 e. The SMILES string of the molecule is CCCC1(C(=O)N2CCC(C(=O)O)(C(C)C)C2)CCCN1. The molecule has 5 nitrogen and oxygen atoms in total. The molecular weight excluding hydrogens is 268 g/mol. The zero-order valence-electron chi connectivity index (χ0n) is 13.4. The molecular formula is C16H28N2O3. The van der Waals surface area contributed by atoms with E-state index in [4.69, 9.17) is 0 Å². The van der Waals surface area contributed by atoms with Gasteiger partial charge in [0.2, 0.25) is 5.91 Å². The van der Waals surface area contributed by atoms with Crippen LogP contribution < -0.4 is 5.32 Å². The fourth-order valence-electron chi connectivity index (χ4n) is 3.94. The van der Waals surface area contributed by atoms with Crippen LogP contribution in [0.2, 0.25) is 0 Å². The van der Waals surface area contributed by atoms with Crippen LogP contribution in [-0.2, 0) is 9.59 Å². The molecule has 0 saturated carbocycles. The number of carboxylic acid groups (broad SMARTS) is 1. The summed E-state index contributed by atoms with van der Waals surface area (Å²) in [5.74, 6) is -0.617. The summed E-state index contributed by atoms with van der Waals surface area (Å²) in [4.78, 5) is 26.5. The van der Waals surface area contributed by atoms with Gasteiger partial charge in [0.25, 0.3) is 0 Å². The van der Waals surface area contributed by atoms with E-state index in [2.05, 4.69) is 12.2 Å². The average Bonchev–Trinajstić information content (AvgIpc) is 3.06. The zero-order chi connectivity index (χ0) is 15.7. The van der Waals surface area contributed by atoms with Crippen molar-refractivity contribution in [1.29, 1.82) is 0 Å². The van der Waals surface area contributed by atoms with E-state index >= 15 is 0 Å². The fourth-order valence-corrected chi connectivity index (χ4v) is 3.94. The highest BCUT2D eigenvalue weighted by Gasteiger charge is 2.52. The van der Waals surface area contributed by atoms with E-state index < -0.39 is 16.9 Å². The van der Waals surface area contributed by atoms with Crippen LogP contribution in [0.3, 0.4) is 0 Å². The van der Waals surface area contributed by atoms with Crippen molar-refractivity contribution >= 4 is 11.9 Å². The quantitative estimate of drug-likeness (QED) is 0.812. The molecule has 0 aromatic rings. The van der Waals surface area contributed by atoms with Gasteiger partial charge < -0.3 is 15.3 Å². The molecule has 2 unspecified atom stereocenters. The minimum absolute atomic E-state index is 0.0338. The first-order valence-corrected chi connectivity index (χ1v) is 8.16. The van der Waals surface area contributed by atoms with Crippen LogP contribution in [0.5, 0.6) is 0 Å². The number of nitrogens with one attached hydrogen (secondary N) is 1. The molecule has 2 rings (SSSR count). The summed E-state index contributed by atoms with van der Waals surface area (Å²) in [6.45, 7) is 7.78. The largest absolute Gasteiger partial charge is 0.481 e. The van der Waals surface area contributed by atoms with Gasteiger partial charge in [-0.2, -0.15) is 0 Å². The maximum atomic E-state index is 13.0. The Hall–Kier alpha value is -1.10. The lowest BCUT2D eigenvalue weighted by molar-refractivity contribution is -0.151. The molecule has 2 aliphatic rings. The Labute approximate surface area is 127 Å². The van der Waals surface area contributed by atoms with Crippen molar-refractivity contribution in [1.82, 2.24) is 10.2 Å². The molecule has 0 aliphatic carbocycles. The van der Waals surface area contributed by atoms with E-state index in [0.29, 0.717) is 19.5 Å². The van der Waals surface area contributed by atoms with E-state index in [9.17, 15) is 14.7 Å². The number of amides is 1. The van der Waals surface area contributed by atoms with Gasteiger partial charge >= 0.3 is 5.97 Å². The van der Waals surface area contributed by atoms with E-state index in [1.165, 1.54) is 0 Å². The van der Waals surface area contributed by atoms with Crippen LogP contribution in [0, 0.1) is 11.3 Å². The first kappa shape index (κ1) is 16.3. The molecule has 0 aromatic heterocycles. The van der Waals surface area contributed by atoms with Crippen molar-refractivity contribution in [3.63, 3.8) is 0 Å². The van der Waals surface area contributed by atoms with Gasteiger partial charge in [-0.3, -0.25) is 9.59 Å². The van der Waals surface area contributed by atoms with Gasteiger partial charge in [0.1, 0.15) is 0 Å². The summed E-state index contributed by atoms with van der Waals surface area (Å²) in [5, 5.41) is 13.0. The predicted molar refractivity (Wildman–Crippen MR) is 81.0 cm³/mol. The summed E-state index contributed by atoms with van der Waals surface area (Å²) in [7, 11) is 0. The second kappa shape index (κ2) is 5.95. The smallest absolute Gasteiger partial charge is 0.311 e. The van der Waals surface area contributed by atoms with Gasteiger partial charge in [-0.15, -0.1) is 0 Å². The first-order chi connectivity index (χ1) is 9.88. The summed E-state index contributed by atoms with van der Waals surface area (Å²) in [5.41, 5.74) is -1.22. The third kappa shape index (κ3) is 2.68. The van der Waals surface area contributed by atoms with E-state index in [1.54, 1.807) is 4.90 Å². The zero-order valence-corrected chi connectivity index (χ0v) is 13.4. The monoisotopic (exact) mass is 296 g/mol. The number of carboxylic acids is 1. The van der Waals surface area contributed by atoms with Crippen molar-refractivity contribution in [3.05, 3.63) is 0 Å². The predicted octanol–water partition coefficient (Wildman–Crippen LogP) is 1.87. The lowest BCUT2D eigenvalue weighted by Crippen LogP contribution is -2.55. The number of nitrogens with zero attached hydrogens (tertiary/aromatic N) is 1. The average molecular weight is 296 g/mol. The molecule has 2 saturated heterocycles. The van der Waals surface area contributed by atoms with Gasteiger partial charge in [0.05, 0.1) is 11.0 Å². The van der Waals surface area contributed by atoms with Crippen molar-refractivity contribution in [3.8, 4) is 0 Å². The molecule has 21 heavy (non-hydrogen) atoms. The molecule has 1 amide bonds. The van der Waals surface area contributed by atoms with Gasteiger partial charge in [-0.1, -0.05) is 27.2 Å². The minimum atomic E-state index is -0.776. The number of hydrogen-bond donors (Lipinski definition) is 2. The molecule has 5 heteroatoms. The van der Waals surface area contributed by atoms with Crippen LogP contribution in [0.25, 0.3) is 0 Å². The number of likely N-dealkylation sites (tertiary alicyclic amines) is 1. The van der Waals surface area contributed by atoms with Crippen molar-refractivity contribution in [2.75, 3.05) is 19.6 Å². The van der Waals surface area contributed by atoms with Gasteiger partial charge in [-0.25, -0.2) is 0 Å². The Kier molecular flexibility index (Phi) is 4.61. The van der Waals surface area contributed by atoms with E-state index in [0.717, 1.165) is 32.2 Å². The van der Waals surface area contributed by atoms with Crippen LogP contribution in [0.4, 0.5) is 0 Å².